The predicted octanol–water partition coefficient (Wildman–Crippen LogP) is 0.637. The van der Waals surface area contributed by atoms with Crippen molar-refractivity contribution < 1.29 is 4.74 Å². The van der Waals surface area contributed by atoms with Crippen molar-refractivity contribution >= 4 is 0 Å². The zero-order valence-electron chi connectivity index (χ0n) is 8.08. The molecule has 0 unspecified atom stereocenters. The van der Waals surface area contributed by atoms with E-state index in [0.717, 1.165) is 25.2 Å². The summed E-state index contributed by atoms with van der Waals surface area (Å²) in [5.41, 5.74) is 0.908. The Morgan fingerprint density at radius 3 is 2.85 bits per heavy atom. The van der Waals surface area contributed by atoms with Crippen LogP contribution in [0.4, 0.5) is 0 Å². The van der Waals surface area contributed by atoms with Gasteiger partial charge in [0.25, 0.3) is 0 Å². The van der Waals surface area contributed by atoms with Crippen molar-refractivity contribution in [3.63, 3.8) is 0 Å². The van der Waals surface area contributed by atoms with Crippen LogP contribution >= 0.6 is 0 Å². The van der Waals surface area contributed by atoms with Gasteiger partial charge in [0, 0.05) is 25.4 Å². The minimum atomic E-state index is 0.625. The Morgan fingerprint density at radius 1 is 1.38 bits per heavy atom. The third kappa shape index (κ3) is 2.99. The second-order valence-electron chi connectivity index (χ2n) is 2.62. The maximum absolute atomic E-state index is 5.07. The van der Waals surface area contributed by atoms with Crippen LogP contribution in [0.1, 0.15) is 12.6 Å². The summed E-state index contributed by atoms with van der Waals surface area (Å²) in [5, 5.41) is 3.22. The zero-order valence-corrected chi connectivity index (χ0v) is 8.08. The summed E-state index contributed by atoms with van der Waals surface area (Å²) < 4.78 is 5.07. The lowest BCUT2D eigenvalue weighted by atomic mass is 10.3. The Labute approximate surface area is 78.4 Å². The second kappa shape index (κ2) is 5.48. The van der Waals surface area contributed by atoms with E-state index < -0.39 is 0 Å². The average Bonchev–Trinajstić information content (AvgIpc) is 2.19. The average molecular weight is 181 g/mol. The highest BCUT2D eigenvalue weighted by Gasteiger charge is 2.03. The fourth-order valence-corrected chi connectivity index (χ4v) is 1.08. The van der Waals surface area contributed by atoms with Crippen molar-refractivity contribution in [2.75, 3.05) is 20.2 Å². The van der Waals surface area contributed by atoms with Gasteiger partial charge < -0.3 is 10.1 Å². The number of hydrogen-bond donors (Lipinski definition) is 1. The zero-order chi connectivity index (χ0) is 9.52. The molecule has 0 amide bonds. The minimum absolute atomic E-state index is 0.625. The largest absolute Gasteiger partial charge is 0.480 e. The lowest BCUT2D eigenvalue weighted by Gasteiger charge is -2.05. The monoisotopic (exact) mass is 181 g/mol. The Kier molecular flexibility index (Phi) is 4.18. The topological polar surface area (TPSA) is 47.0 Å². The maximum Gasteiger partial charge on any atom is 0.235 e. The van der Waals surface area contributed by atoms with Crippen molar-refractivity contribution in [1.29, 1.82) is 0 Å². The number of hydrogen-bond acceptors (Lipinski definition) is 4. The van der Waals surface area contributed by atoms with Crippen molar-refractivity contribution in [1.82, 2.24) is 15.3 Å². The van der Waals surface area contributed by atoms with Gasteiger partial charge in [0.1, 0.15) is 5.69 Å². The molecule has 1 heterocycles. The molecular weight excluding hydrogens is 166 g/mol. The number of aromatic nitrogens is 2. The summed E-state index contributed by atoms with van der Waals surface area (Å²) in [6.45, 7) is 3.96. The molecule has 0 saturated heterocycles. The van der Waals surface area contributed by atoms with Crippen LogP contribution in [0.25, 0.3) is 0 Å². The first-order chi connectivity index (χ1) is 6.38. The van der Waals surface area contributed by atoms with Crippen LogP contribution < -0.4 is 10.1 Å². The molecule has 4 heteroatoms. The van der Waals surface area contributed by atoms with Crippen molar-refractivity contribution in [2.45, 2.75) is 13.3 Å². The number of rotatable bonds is 5. The van der Waals surface area contributed by atoms with Crippen LogP contribution in [-0.4, -0.2) is 30.2 Å². The van der Waals surface area contributed by atoms with E-state index in [1.54, 1.807) is 19.5 Å². The third-order valence-corrected chi connectivity index (χ3v) is 1.72. The molecule has 1 N–H and O–H groups in total. The molecule has 0 fully saturated rings. The number of methoxy groups -OCH3 is 1. The summed E-state index contributed by atoms with van der Waals surface area (Å²) in [6.07, 6.45) is 4.17. The molecule has 1 aromatic rings. The van der Waals surface area contributed by atoms with Crippen LogP contribution in [0.15, 0.2) is 12.4 Å². The molecule has 1 rings (SSSR count). The fourth-order valence-electron chi connectivity index (χ4n) is 1.08. The van der Waals surface area contributed by atoms with E-state index in [1.807, 2.05) is 0 Å². The van der Waals surface area contributed by atoms with E-state index in [-0.39, 0.29) is 0 Å². The van der Waals surface area contributed by atoms with Crippen LogP contribution in [0.2, 0.25) is 0 Å². The van der Waals surface area contributed by atoms with Gasteiger partial charge in [-0.05, 0) is 6.54 Å². The Morgan fingerprint density at radius 2 is 2.15 bits per heavy atom. The van der Waals surface area contributed by atoms with Gasteiger partial charge in [-0.25, -0.2) is 4.98 Å². The molecule has 0 aromatic carbocycles. The highest BCUT2D eigenvalue weighted by molar-refractivity contribution is 5.17. The molecular formula is C9H15N3O. The normalized spacial score (nSPS) is 10.0. The third-order valence-electron chi connectivity index (χ3n) is 1.72. The maximum atomic E-state index is 5.07. The summed E-state index contributed by atoms with van der Waals surface area (Å²) in [7, 11) is 1.61. The number of likely N-dealkylation sites (N-methyl/N-ethyl adjacent to an activating group) is 1. The first-order valence-corrected chi connectivity index (χ1v) is 4.43. The summed E-state index contributed by atoms with van der Waals surface area (Å²) >= 11 is 0. The Hall–Kier alpha value is -1.16. The highest BCUT2D eigenvalue weighted by Crippen LogP contribution is 2.09. The van der Waals surface area contributed by atoms with Crippen molar-refractivity contribution in [3.05, 3.63) is 18.1 Å². The van der Waals surface area contributed by atoms with Crippen LogP contribution in [0.3, 0.4) is 0 Å². The first-order valence-electron chi connectivity index (χ1n) is 4.43. The van der Waals surface area contributed by atoms with Gasteiger partial charge >= 0.3 is 0 Å². The molecule has 0 bridgehead atoms. The van der Waals surface area contributed by atoms with Crippen LogP contribution in [0, 0.1) is 0 Å². The summed E-state index contributed by atoms with van der Waals surface area (Å²) in [4.78, 5) is 8.26. The molecule has 0 spiro atoms. The molecule has 0 aliphatic heterocycles. The van der Waals surface area contributed by atoms with E-state index in [9.17, 15) is 0 Å². The molecule has 0 aliphatic rings. The smallest absolute Gasteiger partial charge is 0.235 e. The van der Waals surface area contributed by atoms with Gasteiger partial charge in [-0.1, -0.05) is 6.92 Å². The number of nitrogens with one attached hydrogen (secondary N) is 1. The summed E-state index contributed by atoms with van der Waals surface area (Å²) in [5.74, 6) is 0.625. The standard InChI is InChI=1S/C9H15N3O/c1-3-10-5-4-8-9(13-2)12-7-6-11-8/h6-7,10H,3-5H2,1-2H3. The lowest BCUT2D eigenvalue weighted by Crippen LogP contribution is -2.17. The van der Waals surface area contributed by atoms with Crippen molar-refractivity contribution in [2.24, 2.45) is 0 Å². The van der Waals surface area contributed by atoms with Crippen LogP contribution in [-0.2, 0) is 6.42 Å². The van der Waals surface area contributed by atoms with E-state index in [4.69, 9.17) is 4.74 Å². The van der Waals surface area contributed by atoms with E-state index >= 15 is 0 Å². The van der Waals surface area contributed by atoms with E-state index in [2.05, 4.69) is 22.2 Å². The second-order valence-corrected chi connectivity index (χ2v) is 2.62. The minimum Gasteiger partial charge on any atom is -0.480 e. The van der Waals surface area contributed by atoms with Gasteiger partial charge in [-0.2, -0.15) is 0 Å². The Bertz CT molecular complexity index is 252. The highest BCUT2D eigenvalue weighted by atomic mass is 16.5. The van der Waals surface area contributed by atoms with Gasteiger partial charge in [0.2, 0.25) is 5.88 Å². The molecule has 1 aromatic heterocycles. The quantitative estimate of drug-likeness (QED) is 0.677. The molecule has 0 saturated carbocycles. The summed E-state index contributed by atoms with van der Waals surface area (Å²) in [6, 6.07) is 0. The fraction of sp³-hybridized carbons (Fsp3) is 0.556. The predicted molar refractivity (Wildman–Crippen MR) is 50.8 cm³/mol. The molecule has 0 aliphatic carbocycles. The number of nitrogens with zero attached hydrogens (tertiary/aromatic N) is 2. The molecule has 72 valence electrons. The van der Waals surface area contributed by atoms with E-state index in [0.29, 0.717) is 5.88 Å². The van der Waals surface area contributed by atoms with Crippen molar-refractivity contribution in [3.8, 4) is 5.88 Å². The first kappa shape index (κ1) is 9.92. The van der Waals surface area contributed by atoms with E-state index in [1.165, 1.54) is 0 Å². The SMILES string of the molecule is CCNCCc1nccnc1OC. The molecule has 4 nitrogen and oxygen atoms in total. The Balaban J connectivity index is 2.54. The van der Waals surface area contributed by atoms with Gasteiger partial charge in [0.15, 0.2) is 0 Å². The van der Waals surface area contributed by atoms with Gasteiger partial charge in [-0.15, -0.1) is 0 Å². The van der Waals surface area contributed by atoms with Gasteiger partial charge in [0.05, 0.1) is 7.11 Å². The van der Waals surface area contributed by atoms with Gasteiger partial charge in [-0.3, -0.25) is 4.98 Å². The molecule has 0 radical (unpaired) electrons. The molecule has 13 heavy (non-hydrogen) atoms. The molecule has 0 atom stereocenters. The number of ether oxygens (including phenoxy) is 1. The van der Waals surface area contributed by atoms with Crippen LogP contribution in [0.5, 0.6) is 5.88 Å². The lowest BCUT2D eigenvalue weighted by molar-refractivity contribution is 0.388.